The fourth-order valence-corrected chi connectivity index (χ4v) is 4.23. The number of benzene rings is 1. The fraction of sp³-hybridized carbons (Fsp3) is 0.526. The van der Waals surface area contributed by atoms with Crippen molar-refractivity contribution in [2.24, 2.45) is 11.7 Å². The molecule has 1 aromatic carbocycles. The lowest BCUT2D eigenvalue weighted by Crippen LogP contribution is -2.58. The quantitative estimate of drug-likeness (QED) is 0.797. The SMILES string of the molecule is NC(=O)C1(NC(=O)C2CCCN(C(=O)c3ccc(Cl)c(Cl)c3)C2)CCCC1. The topological polar surface area (TPSA) is 92.5 Å². The van der Waals surface area contributed by atoms with Crippen LogP contribution in [0.5, 0.6) is 0 Å². The molecule has 0 aromatic heterocycles. The average molecular weight is 412 g/mol. The van der Waals surface area contributed by atoms with E-state index in [-0.39, 0.29) is 17.7 Å². The van der Waals surface area contributed by atoms with Gasteiger partial charge in [0.25, 0.3) is 5.91 Å². The Labute approximate surface area is 168 Å². The molecule has 1 heterocycles. The Bertz CT molecular complexity index is 763. The predicted molar refractivity (Wildman–Crippen MR) is 104 cm³/mol. The monoisotopic (exact) mass is 411 g/mol. The summed E-state index contributed by atoms with van der Waals surface area (Å²) < 4.78 is 0. The maximum absolute atomic E-state index is 12.8. The number of rotatable bonds is 4. The minimum absolute atomic E-state index is 0.184. The van der Waals surface area contributed by atoms with Gasteiger partial charge in [-0.05, 0) is 43.9 Å². The summed E-state index contributed by atoms with van der Waals surface area (Å²) in [7, 11) is 0. The molecule has 6 nitrogen and oxygen atoms in total. The number of primary amides is 1. The number of carbonyl (C=O) groups is 3. The zero-order valence-electron chi connectivity index (χ0n) is 15.0. The molecular formula is C19H23Cl2N3O3. The molecule has 0 bridgehead atoms. The number of likely N-dealkylation sites (tertiary alicyclic amines) is 1. The first-order chi connectivity index (χ1) is 12.8. The van der Waals surface area contributed by atoms with E-state index in [2.05, 4.69) is 5.32 Å². The lowest BCUT2D eigenvalue weighted by molar-refractivity contribution is -0.134. The Morgan fingerprint density at radius 3 is 2.44 bits per heavy atom. The molecule has 3 N–H and O–H groups in total. The smallest absolute Gasteiger partial charge is 0.253 e. The average Bonchev–Trinajstić information content (AvgIpc) is 3.13. The minimum Gasteiger partial charge on any atom is -0.368 e. The molecular weight excluding hydrogens is 389 g/mol. The molecule has 2 fully saturated rings. The van der Waals surface area contributed by atoms with E-state index in [9.17, 15) is 14.4 Å². The molecule has 8 heteroatoms. The standard InChI is InChI=1S/C19H23Cl2N3O3/c20-14-6-5-12(10-15(14)21)17(26)24-9-3-4-13(11-24)16(25)23-19(18(22)27)7-1-2-8-19/h5-6,10,13H,1-4,7-9,11H2,(H2,22,27)(H,23,25). The van der Waals surface area contributed by atoms with Gasteiger partial charge in [-0.15, -0.1) is 0 Å². The third-order valence-corrected chi connectivity index (χ3v) is 6.28. The van der Waals surface area contributed by atoms with Crippen LogP contribution in [0.15, 0.2) is 18.2 Å². The molecule has 0 radical (unpaired) electrons. The van der Waals surface area contributed by atoms with Crippen molar-refractivity contribution < 1.29 is 14.4 Å². The second-order valence-electron chi connectivity index (χ2n) is 7.36. The molecule has 1 aliphatic carbocycles. The molecule has 1 aromatic rings. The van der Waals surface area contributed by atoms with E-state index in [0.29, 0.717) is 54.4 Å². The van der Waals surface area contributed by atoms with Gasteiger partial charge >= 0.3 is 0 Å². The van der Waals surface area contributed by atoms with Crippen molar-refractivity contribution in [2.45, 2.75) is 44.1 Å². The van der Waals surface area contributed by atoms with Crippen LogP contribution in [-0.4, -0.2) is 41.2 Å². The molecule has 1 aliphatic heterocycles. The van der Waals surface area contributed by atoms with Gasteiger partial charge in [0.1, 0.15) is 5.54 Å². The van der Waals surface area contributed by atoms with Crippen LogP contribution in [0.1, 0.15) is 48.9 Å². The lowest BCUT2D eigenvalue weighted by atomic mass is 9.92. The molecule has 27 heavy (non-hydrogen) atoms. The van der Waals surface area contributed by atoms with Gasteiger partial charge in [-0.1, -0.05) is 36.0 Å². The summed E-state index contributed by atoms with van der Waals surface area (Å²) >= 11 is 11.9. The van der Waals surface area contributed by atoms with E-state index in [1.807, 2.05) is 0 Å². The Morgan fingerprint density at radius 1 is 1.11 bits per heavy atom. The van der Waals surface area contributed by atoms with Gasteiger partial charge in [0.2, 0.25) is 11.8 Å². The third kappa shape index (κ3) is 4.22. The first-order valence-electron chi connectivity index (χ1n) is 9.19. The van der Waals surface area contributed by atoms with Crippen molar-refractivity contribution >= 4 is 40.9 Å². The lowest BCUT2D eigenvalue weighted by Gasteiger charge is -2.35. The first-order valence-corrected chi connectivity index (χ1v) is 9.94. The largest absolute Gasteiger partial charge is 0.368 e. The highest BCUT2D eigenvalue weighted by Crippen LogP contribution is 2.31. The summed E-state index contributed by atoms with van der Waals surface area (Å²) in [5.41, 5.74) is 5.05. The predicted octanol–water partition coefficient (Wildman–Crippen LogP) is 2.76. The van der Waals surface area contributed by atoms with Crippen LogP contribution >= 0.6 is 23.2 Å². The number of piperidine rings is 1. The van der Waals surface area contributed by atoms with Crippen LogP contribution in [0, 0.1) is 5.92 Å². The molecule has 0 spiro atoms. The van der Waals surface area contributed by atoms with E-state index < -0.39 is 11.4 Å². The highest BCUT2D eigenvalue weighted by atomic mass is 35.5. The molecule has 1 saturated carbocycles. The van der Waals surface area contributed by atoms with Crippen molar-refractivity contribution in [1.29, 1.82) is 0 Å². The van der Waals surface area contributed by atoms with Crippen LogP contribution in [0.3, 0.4) is 0 Å². The van der Waals surface area contributed by atoms with Gasteiger partial charge in [0.15, 0.2) is 0 Å². The number of nitrogens with two attached hydrogens (primary N) is 1. The number of hydrogen-bond acceptors (Lipinski definition) is 3. The van der Waals surface area contributed by atoms with Gasteiger partial charge in [-0.2, -0.15) is 0 Å². The molecule has 3 rings (SSSR count). The normalized spacial score (nSPS) is 21.7. The summed E-state index contributed by atoms with van der Waals surface area (Å²) in [5.74, 6) is -1.23. The summed E-state index contributed by atoms with van der Waals surface area (Å²) in [6, 6.07) is 4.75. The maximum Gasteiger partial charge on any atom is 0.253 e. The van der Waals surface area contributed by atoms with Crippen LogP contribution in [0.4, 0.5) is 0 Å². The molecule has 146 valence electrons. The van der Waals surface area contributed by atoms with Gasteiger partial charge in [0.05, 0.1) is 16.0 Å². The number of amides is 3. The van der Waals surface area contributed by atoms with Crippen molar-refractivity contribution in [3.63, 3.8) is 0 Å². The highest BCUT2D eigenvalue weighted by molar-refractivity contribution is 6.42. The van der Waals surface area contributed by atoms with Gasteiger partial charge in [-0.3, -0.25) is 14.4 Å². The fourth-order valence-electron chi connectivity index (χ4n) is 3.94. The van der Waals surface area contributed by atoms with Crippen LogP contribution in [0.2, 0.25) is 10.0 Å². The van der Waals surface area contributed by atoms with Crippen LogP contribution < -0.4 is 11.1 Å². The molecule has 2 aliphatic rings. The number of carbonyl (C=O) groups excluding carboxylic acids is 3. The summed E-state index contributed by atoms with van der Waals surface area (Å²) in [6.45, 7) is 0.879. The van der Waals surface area contributed by atoms with E-state index in [1.54, 1.807) is 17.0 Å². The first kappa shape index (κ1) is 20.0. The van der Waals surface area contributed by atoms with Crippen molar-refractivity contribution in [1.82, 2.24) is 10.2 Å². The van der Waals surface area contributed by atoms with E-state index in [4.69, 9.17) is 28.9 Å². The zero-order valence-corrected chi connectivity index (χ0v) is 16.5. The van der Waals surface area contributed by atoms with E-state index >= 15 is 0 Å². The third-order valence-electron chi connectivity index (χ3n) is 5.54. The Hall–Kier alpha value is -1.79. The molecule has 3 amide bonds. The zero-order chi connectivity index (χ0) is 19.6. The molecule has 1 atom stereocenters. The second kappa shape index (κ2) is 8.07. The number of hydrogen-bond donors (Lipinski definition) is 2. The van der Waals surface area contributed by atoms with Crippen LogP contribution in [-0.2, 0) is 9.59 Å². The van der Waals surface area contributed by atoms with Crippen molar-refractivity contribution in [2.75, 3.05) is 13.1 Å². The van der Waals surface area contributed by atoms with E-state index in [0.717, 1.165) is 12.8 Å². The number of halogens is 2. The number of nitrogens with one attached hydrogen (secondary N) is 1. The molecule has 1 saturated heterocycles. The molecule has 1 unspecified atom stereocenters. The Balaban J connectivity index is 1.68. The van der Waals surface area contributed by atoms with Crippen molar-refractivity contribution in [3.8, 4) is 0 Å². The highest BCUT2D eigenvalue weighted by Gasteiger charge is 2.42. The van der Waals surface area contributed by atoms with Crippen LogP contribution in [0.25, 0.3) is 0 Å². The van der Waals surface area contributed by atoms with Gasteiger partial charge in [-0.25, -0.2) is 0 Å². The van der Waals surface area contributed by atoms with Gasteiger partial charge < -0.3 is 16.0 Å². The second-order valence-corrected chi connectivity index (χ2v) is 8.18. The Morgan fingerprint density at radius 2 is 1.81 bits per heavy atom. The van der Waals surface area contributed by atoms with E-state index in [1.165, 1.54) is 6.07 Å². The Kier molecular flexibility index (Phi) is 5.96. The summed E-state index contributed by atoms with van der Waals surface area (Å²) in [4.78, 5) is 39.1. The summed E-state index contributed by atoms with van der Waals surface area (Å²) in [5, 5.41) is 3.59. The van der Waals surface area contributed by atoms with Gasteiger partial charge in [0, 0.05) is 18.7 Å². The van der Waals surface area contributed by atoms with Crippen molar-refractivity contribution in [3.05, 3.63) is 33.8 Å². The minimum atomic E-state index is -0.937. The summed E-state index contributed by atoms with van der Waals surface area (Å²) in [6.07, 6.45) is 4.28. The number of nitrogens with zero attached hydrogens (tertiary/aromatic N) is 1. The maximum atomic E-state index is 12.8.